The van der Waals surface area contributed by atoms with E-state index in [1.807, 2.05) is 13.1 Å². The molecule has 1 aliphatic rings. The van der Waals surface area contributed by atoms with Gasteiger partial charge in [-0.2, -0.15) is 0 Å². The number of carbonyl (C=O) groups excluding carboxylic acids is 1. The molecule has 4 nitrogen and oxygen atoms in total. The molecule has 1 aromatic carbocycles. The molecule has 2 N–H and O–H groups in total. The maximum Gasteiger partial charge on any atom is 0.222 e. The Morgan fingerprint density at radius 1 is 1.56 bits per heavy atom. The quantitative estimate of drug-likeness (QED) is 0.878. The minimum absolute atomic E-state index is 0.100. The van der Waals surface area contributed by atoms with E-state index in [9.17, 15) is 9.90 Å². The number of aromatic hydroxyl groups is 1. The van der Waals surface area contributed by atoms with Crippen molar-refractivity contribution in [2.75, 3.05) is 13.6 Å². The molecule has 1 aromatic rings. The van der Waals surface area contributed by atoms with E-state index in [2.05, 4.69) is 5.32 Å². The van der Waals surface area contributed by atoms with Crippen LogP contribution in [0.3, 0.4) is 0 Å². The van der Waals surface area contributed by atoms with Crippen LogP contribution < -0.4 is 5.32 Å². The summed E-state index contributed by atoms with van der Waals surface area (Å²) in [6, 6.07) is 5.50. The summed E-state index contributed by atoms with van der Waals surface area (Å²) in [5.41, 5.74) is 1.03. The molecular weight excluding hydrogens is 252 g/mol. The molecule has 0 spiro atoms. The second kappa shape index (κ2) is 5.59. The molecule has 0 saturated carbocycles. The minimum atomic E-state index is 0.100. The van der Waals surface area contributed by atoms with E-state index >= 15 is 0 Å². The Bertz CT molecular complexity index is 451. The van der Waals surface area contributed by atoms with Crippen LogP contribution in [0.15, 0.2) is 18.2 Å². The lowest BCUT2D eigenvalue weighted by atomic mass is 10.1. The van der Waals surface area contributed by atoms with Crippen LogP contribution >= 0.6 is 11.6 Å². The Balaban J connectivity index is 1.88. The van der Waals surface area contributed by atoms with Gasteiger partial charge in [0.25, 0.3) is 0 Å². The number of nitrogens with zero attached hydrogens (tertiary/aromatic N) is 1. The average Bonchev–Trinajstić information content (AvgIpc) is 2.35. The van der Waals surface area contributed by atoms with E-state index in [1.54, 1.807) is 17.0 Å². The van der Waals surface area contributed by atoms with Gasteiger partial charge >= 0.3 is 0 Å². The van der Waals surface area contributed by atoms with Crippen molar-refractivity contribution >= 4 is 17.5 Å². The van der Waals surface area contributed by atoms with Gasteiger partial charge in [-0.3, -0.25) is 4.79 Å². The molecular formula is C13H17ClN2O2. The number of phenolic OH excluding ortho intramolecular Hbond substituents is 1. The van der Waals surface area contributed by atoms with E-state index in [-0.39, 0.29) is 11.7 Å². The van der Waals surface area contributed by atoms with E-state index in [0.717, 1.165) is 18.5 Å². The van der Waals surface area contributed by atoms with Gasteiger partial charge in [0.15, 0.2) is 0 Å². The van der Waals surface area contributed by atoms with Gasteiger partial charge in [-0.1, -0.05) is 17.7 Å². The number of hydrogen-bond acceptors (Lipinski definition) is 3. The predicted octanol–water partition coefficient (Wildman–Crippen LogP) is 1.76. The summed E-state index contributed by atoms with van der Waals surface area (Å²) in [6.45, 7) is 1.43. The second-order valence-corrected chi connectivity index (χ2v) is 5.08. The van der Waals surface area contributed by atoms with Crippen molar-refractivity contribution in [3.63, 3.8) is 0 Å². The lowest BCUT2D eigenvalue weighted by Crippen LogP contribution is -2.46. The number of phenols is 1. The average molecular weight is 269 g/mol. The van der Waals surface area contributed by atoms with E-state index in [0.29, 0.717) is 24.0 Å². The largest absolute Gasteiger partial charge is 0.506 e. The number of piperidine rings is 1. The van der Waals surface area contributed by atoms with Crippen LogP contribution in [0.1, 0.15) is 18.4 Å². The van der Waals surface area contributed by atoms with Crippen molar-refractivity contribution in [1.82, 2.24) is 10.2 Å². The van der Waals surface area contributed by atoms with Crippen LogP contribution in [0.25, 0.3) is 0 Å². The van der Waals surface area contributed by atoms with E-state index in [1.165, 1.54) is 0 Å². The van der Waals surface area contributed by atoms with Gasteiger partial charge in [-0.15, -0.1) is 0 Å². The van der Waals surface area contributed by atoms with Crippen molar-refractivity contribution in [2.45, 2.75) is 25.4 Å². The molecule has 5 heteroatoms. The van der Waals surface area contributed by atoms with Gasteiger partial charge in [-0.05, 0) is 24.1 Å². The normalized spacial score (nSPS) is 20.2. The molecule has 1 amide bonds. The fraction of sp³-hybridized carbons (Fsp3) is 0.462. The summed E-state index contributed by atoms with van der Waals surface area (Å²) in [4.78, 5) is 13.1. The summed E-state index contributed by atoms with van der Waals surface area (Å²) in [5.74, 6) is 0.309. The zero-order valence-electron chi connectivity index (χ0n) is 10.3. The zero-order chi connectivity index (χ0) is 13.1. The van der Waals surface area contributed by atoms with Gasteiger partial charge in [0.1, 0.15) is 5.75 Å². The Labute approximate surface area is 112 Å². The van der Waals surface area contributed by atoms with Gasteiger partial charge in [0.2, 0.25) is 5.91 Å². The monoisotopic (exact) mass is 268 g/mol. The lowest BCUT2D eigenvalue weighted by molar-refractivity contribution is -0.132. The van der Waals surface area contributed by atoms with Crippen molar-refractivity contribution in [3.05, 3.63) is 28.8 Å². The van der Waals surface area contributed by atoms with Crippen LogP contribution in [-0.4, -0.2) is 35.5 Å². The number of likely N-dealkylation sites (N-methyl/N-ethyl adjacent to an activating group) is 1. The number of benzene rings is 1. The number of rotatable bonds is 3. The van der Waals surface area contributed by atoms with Crippen LogP contribution in [-0.2, 0) is 11.3 Å². The summed E-state index contributed by atoms with van der Waals surface area (Å²) in [5, 5.41) is 13.1. The fourth-order valence-electron chi connectivity index (χ4n) is 2.10. The summed E-state index contributed by atoms with van der Waals surface area (Å²) in [7, 11) is 1.83. The molecule has 18 heavy (non-hydrogen) atoms. The van der Waals surface area contributed by atoms with Crippen molar-refractivity contribution in [3.8, 4) is 5.75 Å². The number of likely N-dealkylation sites (tertiary alicyclic amines) is 1. The SMILES string of the molecule is CN1CC(NCc2ccc(O)c(Cl)c2)CCC1=O. The van der Waals surface area contributed by atoms with E-state index < -0.39 is 0 Å². The third-order valence-electron chi connectivity index (χ3n) is 3.23. The Morgan fingerprint density at radius 3 is 3.00 bits per heavy atom. The molecule has 0 radical (unpaired) electrons. The highest BCUT2D eigenvalue weighted by Crippen LogP contribution is 2.23. The molecule has 1 fully saturated rings. The topological polar surface area (TPSA) is 52.6 Å². The van der Waals surface area contributed by atoms with E-state index in [4.69, 9.17) is 11.6 Å². The number of hydrogen-bond donors (Lipinski definition) is 2. The van der Waals surface area contributed by atoms with Crippen LogP contribution in [0, 0.1) is 0 Å². The third kappa shape index (κ3) is 3.15. The van der Waals surface area contributed by atoms with Crippen molar-refractivity contribution < 1.29 is 9.90 Å². The maximum atomic E-state index is 11.3. The van der Waals surface area contributed by atoms with Crippen LogP contribution in [0.2, 0.25) is 5.02 Å². The lowest BCUT2D eigenvalue weighted by Gasteiger charge is -2.30. The summed E-state index contributed by atoms with van der Waals surface area (Å²) < 4.78 is 0. The molecule has 1 aliphatic heterocycles. The van der Waals surface area contributed by atoms with Gasteiger partial charge < -0.3 is 15.3 Å². The van der Waals surface area contributed by atoms with Gasteiger partial charge in [0, 0.05) is 32.6 Å². The minimum Gasteiger partial charge on any atom is -0.506 e. The number of halogens is 1. The molecule has 0 bridgehead atoms. The summed E-state index contributed by atoms with van der Waals surface area (Å²) >= 11 is 5.85. The number of carbonyl (C=O) groups is 1. The first-order valence-corrected chi connectivity index (χ1v) is 6.39. The number of amides is 1. The first-order valence-electron chi connectivity index (χ1n) is 6.01. The molecule has 0 aromatic heterocycles. The smallest absolute Gasteiger partial charge is 0.222 e. The standard InChI is InChI=1S/C13H17ClN2O2/c1-16-8-10(3-5-13(16)18)15-7-9-2-4-12(17)11(14)6-9/h2,4,6,10,15,17H,3,5,7-8H2,1H3. The molecule has 2 rings (SSSR count). The first-order chi connectivity index (χ1) is 8.56. The van der Waals surface area contributed by atoms with Gasteiger partial charge in [-0.25, -0.2) is 0 Å². The van der Waals surface area contributed by atoms with Crippen molar-refractivity contribution in [1.29, 1.82) is 0 Å². The molecule has 1 saturated heterocycles. The molecule has 98 valence electrons. The second-order valence-electron chi connectivity index (χ2n) is 4.68. The fourth-order valence-corrected chi connectivity index (χ4v) is 2.30. The highest BCUT2D eigenvalue weighted by molar-refractivity contribution is 6.32. The molecule has 0 aliphatic carbocycles. The Hall–Kier alpha value is -1.26. The Kier molecular flexibility index (Phi) is 4.09. The molecule has 1 heterocycles. The third-order valence-corrected chi connectivity index (χ3v) is 3.54. The zero-order valence-corrected chi connectivity index (χ0v) is 11.1. The van der Waals surface area contributed by atoms with Crippen LogP contribution in [0.4, 0.5) is 0 Å². The highest BCUT2D eigenvalue weighted by atomic mass is 35.5. The Morgan fingerprint density at radius 2 is 2.33 bits per heavy atom. The maximum absolute atomic E-state index is 11.3. The highest BCUT2D eigenvalue weighted by Gasteiger charge is 2.22. The molecule has 1 unspecified atom stereocenters. The molecule has 1 atom stereocenters. The first kappa shape index (κ1) is 13.2. The predicted molar refractivity (Wildman–Crippen MR) is 70.6 cm³/mol. The van der Waals surface area contributed by atoms with Crippen molar-refractivity contribution in [2.24, 2.45) is 0 Å². The summed E-state index contributed by atoms with van der Waals surface area (Å²) in [6.07, 6.45) is 1.47. The van der Waals surface area contributed by atoms with Crippen LogP contribution in [0.5, 0.6) is 5.75 Å². The number of nitrogens with one attached hydrogen (secondary N) is 1. The van der Waals surface area contributed by atoms with Gasteiger partial charge in [0.05, 0.1) is 5.02 Å².